The second-order valence-corrected chi connectivity index (χ2v) is 21.4. The molecule has 2 saturated heterocycles. The van der Waals surface area contributed by atoms with Crippen LogP contribution in [0, 0.1) is 5.92 Å². The Labute approximate surface area is 444 Å². The van der Waals surface area contributed by atoms with Crippen LogP contribution in [-0.2, 0) is 21.2 Å². The lowest BCUT2D eigenvalue weighted by Gasteiger charge is -2.40. The van der Waals surface area contributed by atoms with E-state index in [0.717, 1.165) is 59.7 Å². The van der Waals surface area contributed by atoms with Crippen LogP contribution in [0.5, 0.6) is 5.75 Å². The molecule has 6 aromatic rings. The summed E-state index contributed by atoms with van der Waals surface area (Å²) in [6.07, 6.45) is 1.14. The fourth-order valence-electron chi connectivity index (χ4n) is 10.2. The number of nitrogens with zero attached hydrogens (tertiary/aromatic N) is 7. The molecule has 5 heterocycles. The van der Waals surface area contributed by atoms with Gasteiger partial charge < -0.3 is 29.9 Å². The quantitative estimate of drug-likeness (QED) is 0.0686. The summed E-state index contributed by atoms with van der Waals surface area (Å²) in [6.45, 7) is 4.49. The number of halogens is 3. The third-order valence-electron chi connectivity index (χ3n) is 14.8. The highest BCUT2D eigenvalue weighted by molar-refractivity contribution is 7.10. The van der Waals surface area contributed by atoms with E-state index in [4.69, 9.17) is 14.7 Å². The predicted octanol–water partition coefficient (Wildman–Crippen LogP) is 9.14. The first-order valence-electron chi connectivity index (χ1n) is 25.4. The largest absolute Gasteiger partial charge is 0.492 e. The van der Waals surface area contributed by atoms with Crippen LogP contribution in [0.15, 0.2) is 94.1 Å². The third-order valence-corrected chi connectivity index (χ3v) is 16.8. The molecular formula is C54H58F3N9O8S2. The van der Waals surface area contributed by atoms with Crippen LogP contribution in [0.1, 0.15) is 113 Å². The Morgan fingerprint density at radius 1 is 0.868 bits per heavy atom. The summed E-state index contributed by atoms with van der Waals surface area (Å²) in [5.41, 5.74) is 2.35. The van der Waals surface area contributed by atoms with Gasteiger partial charge in [-0.05, 0) is 88.7 Å². The molecule has 0 bridgehead atoms. The Morgan fingerprint density at radius 3 is 2.34 bits per heavy atom. The van der Waals surface area contributed by atoms with Gasteiger partial charge in [-0.1, -0.05) is 79.0 Å². The molecule has 3 aliphatic rings. The number of nitrogens with one attached hydrogen (secondary N) is 2. The van der Waals surface area contributed by atoms with Gasteiger partial charge in [-0.15, -0.1) is 22.7 Å². The Hall–Kier alpha value is -7.04. The zero-order valence-corrected chi connectivity index (χ0v) is 43.6. The van der Waals surface area contributed by atoms with Crippen molar-refractivity contribution in [3.8, 4) is 28.4 Å². The highest BCUT2D eigenvalue weighted by Gasteiger charge is 2.43. The minimum atomic E-state index is -4.81. The van der Waals surface area contributed by atoms with Gasteiger partial charge in [-0.3, -0.25) is 29.0 Å². The summed E-state index contributed by atoms with van der Waals surface area (Å²) < 4.78 is 50.1. The van der Waals surface area contributed by atoms with Gasteiger partial charge in [0.05, 0.1) is 11.7 Å². The Balaban J connectivity index is 0.816. The molecule has 400 valence electrons. The summed E-state index contributed by atoms with van der Waals surface area (Å²) >= 11 is 2.86. The summed E-state index contributed by atoms with van der Waals surface area (Å²) in [5.74, 6) is -2.77. The second-order valence-electron chi connectivity index (χ2n) is 19.6. The molecule has 17 nitrogen and oxygen atoms in total. The van der Waals surface area contributed by atoms with Crippen LogP contribution in [0.25, 0.3) is 22.6 Å². The summed E-state index contributed by atoms with van der Waals surface area (Å²) in [6, 6.07) is 20.7. The van der Waals surface area contributed by atoms with Crippen molar-refractivity contribution in [2.45, 2.75) is 94.4 Å². The molecule has 1 aliphatic carbocycles. The molecule has 0 radical (unpaired) electrons. The van der Waals surface area contributed by atoms with E-state index in [9.17, 15) is 42.3 Å². The number of carbonyl (C=O) groups excluding carboxylic acids is 4. The van der Waals surface area contributed by atoms with Crippen molar-refractivity contribution in [3.05, 3.63) is 122 Å². The monoisotopic (exact) mass is 1080 g/mol. The number of ketones is 1. The molecule has 4 amide bonds. The first-order chi connectivity index (χ1) is 36.6. The Morgan fingerprint density at radius 2 is 1.61 bits per heavy atom. The normalized spacial score (nSPS) is 17.9. The maximum absolute atomic E-state index is 14.4. The van der Waals surface area contributed by atoms with Gasteiger partial charge in [0.2, 0.25) is 23.4 Å². The van der Waals surface area contributed by atoms with E-state index in [0.29, 0.717) is 68.4 Å². The minimum absolute atomic E-state index is 0.0806. The number of carboxylic acid groups (broad SMARTS) is 1. The molecule has 22 heteroatoms. The molecule has 2 aliphatic heterocycles. The van der Waals surface area contributed by atoms with Crippen LogP contribution >= 0.6 is 22.7 Å². The van der Waals surface area contributed by atoms with Crippen molar-refractivity contribution >= 4 is 52.3 Å². The number of hydrogen-bond donors (Lipinski definition) is 3. The first-order valence-corrected chi connectivity index (χ1v) is 27.2. The average molecular weight is 1080 g/mol. The summed E-state index contributed by atoms with van der Waals surface area (Å²) in [5, 5.41) is 24.2. The maximum Gasteiger partial charge on any atom is 0.471 e. The molecule has 3 aromatic heterocycles. The molecule has 1 saturated carbocycles. The number of carbonyl (C=O) groups is 5. The van der Waals surface area contributed by atoms with E-state index in [1.165, 1.54) is 48.8 Å². The topological polar surface area (TPSA) is 213 Å². The standard InChI is InChI=1S/C54H58F3N9O8S2/c1-33(64(2)52(71)72)46(68)61-43(35-14-7-4-8-15-35)49(70)66-23-11-20-42(66)48-59-41(31-75-48)44(67)36-16-10-19-39(29-36)73-27-26-65-24-21-53(22-25-65,51-60-40(30-76-51)34-12-5-3-6-13-34)32-58-47(69)38-18-9-17-37(28-38)45-62-50(74-63-45)54(55,56)57/h3,5-6,9-10,12-13,16-19,28-31,33,35,42-43H,4,7-8,11,14-15,20-27,32H2,1-2H3,(H,58,69)(H,61,68)(H,71,72)/t33?,42-,43?/m0/s1. The predicted molar refractivity (Wildman–Crippen MR) is 277 cm³/mol. The number of likely N-dealkylation sites (tertiary alicyclic amines) is 2. The number of piperidine rings is 1. The zero-order valence-electron chi connectivity index (χ0n) is 42.0. The smallest absolute Gasteiger partial charge is 0.471 e. The molecule has 76 heavy (non-hydrogen) atoms. The molecular weight excluding hydrogens is 1020 g/mol. The fraction of sp³-hybridized carbons (Fsp3) is 0.426. The van der Waals surface area contributed by atoms with Gasteiger partial charge >= 0.3 is 18.2 Å². The SMILES string of the molecule is CC(C(=O)NC(C(=O)N1CCC[C@H]1c1nc(C(=O)c2cccc(OCCN3CCC(CNC(=O)c4cccc(-c5noc(C(F)(F)F)n5)c4)(c4nc(-c5ccccc5)cs4)CC3)c2)cs1)C1CCCCC1)N(C)C(=O)O. The lowest BCUT2D eigenvalue weighted by atomic mass is 9.78. The van der Waals surface area contributed by atoms with Crippen LogP contribution in [0.4, 0.5) is 18.0 Å². The molecule has 3 aromatic carbocycles. The first kappa shape index (κ1) is 53.8. The fourth-order valence-corrected chi connectivity index (χ4v) is 12.2. The van der Waals surface area contributed by atoms with Gasteiger partial charge in [0.1, 0.15) is 40.1 Å². The number of amides is 4. The van der Waals surface area contributed by atoms with E-state index in [1.54, 1.807) is 46.7 Å². The van der Waals surface area contributed by atoms with E-state index < -0.39 is 47.5 Å². The van der Waals surface area contributed by atoms with Crippen molar-refractivity contribution in [2.75, 3.05) is 46.4 Å². The van der Waals surface area contributed by atoms with Crippen LogP contribution in [0.2, 0.25) is 0 Å². The van der Waals surface area contributed by atoms with E-state index >= 15 is 0 Å². The van der Waals surface area contributed by atoms with Crippen LogP contribution in [-0.4, -0.2) is 128 Å². The highest BCUT2D eigenvalue weighted by atomic mass is 32.1. The van der Waals surface area contributed by atoms with Gasteiger partial charge in [0, 0.05) is 65.1 Å². The number of likely N-dealkylation sites (N-methyl/N-ethyl adjacent to an activating group) is 1. The average Bonchev–Trinajstić information content (AvgIpc) is 4.30. The summed E-state index contributed by atoms with van der Waals surface area (Å²) in [7, 11) is 1.33. The molecule has 9 rings (SSSR count). The molecule has 2 unspecified atom stereocenters. The second kappa shape index (κ2) is 23.5. The van der Waals surface area contributed by atoms with Crippen molar-refractivity contribution in [3.63, 3.8) is 0 Å². The van der Waals surface area contributed by atoms with Crippen molar-refractivity contribution < 1.29 is 51.5 Å². The molecule has 3 N–H and O–H groups in total. The highest BCUT2D eigenvalue weighted by Crippen LogP contribution is 2.40. The molecule has 0 spiro atoms. The maximum atomic E-state index is 14.4. The number of hydrogen-bond acceptors (Lipinski definition) is 14. The lowest BCUT2D eigenvalue weighted by Crippen LogP contribution is -2.56. The zero-order chi connectivity index (χ0) is 53.6. The van der Waals surface area contributed by atoms with Gasteiger partial charge in [0.15, 0.2) is 0 Å². The lowest BCUT2D eigenvalue weighted by molar-refractivity contribution is -0.159. The van der Waals surface area contributed by atoms with Crippen molar-refractivity contribution in [1.82, 2.24) is 45.4 Å². The number of thiazole rings is 2. The number of rotatable bonds is 18. The summed E-state index contributed by atoms with van der Waals surface area (Å²) in [4.78, 5) is 85.3. The van der Waals surface area contributed by atoms with E-state index in [1.807, 2.05) is 35.7 Å². The minimum Gasteiger partial charge on any atom is -0.492 e. The Kier molecular flexibility index (Phi) is 16.6. The molecule has 3 fully saturated rings. The van der Waals surface area contributed by atoms with E-state index in [-0.39, 0.29) is 52.8 Å². The number of aromatic nitrogens is 4. The van der Waals surface area contributed by atoms with Crippen LogP contribution < -0.4 is 15.4 Å². The van der Waals surface area contributed by atoms with Crippen molar-refractivity contribution in [2.24, 2.45) is 5.92 Å². The van der Waals surface area contributed by atoms with E-state index in [2.05, 4.69) is 30.2 Å². The van der Waals surface area contributed by atoms with Gasteiger partial charge in [-0.25, -0.2) is 14.8 Å². The third kappa shape index (κ3) is 12.3. The number of benzene rings is 3. The number of ether oxygens (including phenoxy) is 1. The van der Waals surface area contributed by atoms with Crippen molar-refractivity contribution in [1.29, 1.82) is 0 Å². The number of alkyl halides is 3. The Bertz CT molecular complexity index is 3030. The van der Waals surface area contributed by atoms with Gasteiger partial charge in [-0.2, -0.15) is 18.2 Å². The van der Waals surface area contributed by atoms with Crippen LogP contribution in [0.3, 0.4) is 0 Å². The van der Waals surface area contributed by atoms with Gasteiger partial charge in [0.25, 0.3) is 5.91 Å². The molecule has 3 atom stereocenters.